The van der Waals surface area contributed by atoms with E-state index in [1.165, 1.54) is 11.8 Å². The van der Waals surface area contributed by atoms with Gasteiger partial charge in [-0.15, -0.1) is 23.5 Å². The zero-order valence-electron chi connectivity index (χ0n) is 12.4. The Morgan fingerprint density at radius 2 is 2.32 bits per heavy atom. The van der Waals surface area contributed by atoms with Gasteiger partial charge in [0.15, 0.2) is 0 Å². The molecule has 0 bridgehead atoms. The zero-order valence-corrected chi connectivity index (χ0v) is 14.0. The van der Waals surface area contributed by atoms with Crippen LogP contribution >= 0.6 is 23.5 Å². The molecule has 1 atom stereocenters. The van der Waals surface area contributed by atoms with Gasteiger partial charge in [-0.25, -0.2) is 4.98 Å². The summed E-state index contributed by atoms with van der Waals surface area (Å²) in [6, 6.07) is 7.63. The van der Waals surface area contributed by atoms with Crippen LogP contribution in [0.15, 0.2) is 46.2 Å². The summed E-state index contributed by atoms with van der Waals surface area (Å²) in [5.74, 6) is 2.01. The molecule has 1 fully saturated rings. The van der Waals surface area contributed by atoms with Crippen LogP contribution in [0.5, 0.6) is 0 Å². The molecule has 0 spiro atoms. The van der Waals surface area contributed by atoms with Crippen molar-refractivity contribution in [3.63, 3.8) is 0 Å². The Bertz CT molecular complexity index is 631. The van der Waals surface area contributed by atoms with Crippen LogP contribution in [-0.4, -0.2) is 40.9 Å². The molecule has 0 saturated carbocycles. The third-order valence-corrected chi connectivity index (χ3v) is 5.68. The van der Waals surface area contributed by atoms with Gasteiger partial charge in [0.1, 0.15) is 10.8 Å². The average molecular weight is 334 g/mol. The highest BCUT2D eigenvalue weighted by molar-refractivity contribution is 7.99. The monoisotopic (exact) mass is 334 g/mol. The maximum absolute atomic E-state index is 12.8. The molecular formula is C16H18N2O2S2. The normalized spacial score (nSPS) is 19.0. The molecule has 0 aliphatic carbocycles. The van der Waals surface area contributed by atoms with Crippen LogP contribution < -0.4 is 0 Å². The Balaban J connectivity index is 1.71. The molecule has 1 amide bonds. The largest absolute Gasteiger partial charge is 0.468 e. The summed E-state index contributed by atoms with van der Waals surface area (Å²) in [4.78, 5) is 19.0. The number of rotatable bonds is 3. The molecule has 0 radical (unpaired) electrons. The Morgan fingerprint density at radius 1 is 1.41 bits per heavy atom. The summed E-state index contributed by atoms with van der Waals surface area (Å²) < 4.78 is 5.51. The smallest absolute Gasteiger partial charge is 0.256 e. The molecule has 4 nitrogen and oxygen atoms in total. The molecular weight excluding hydrogens is 316 g/mol. The van der Waals surface area contributed by atoms with Crippen molar-refractivity contribution in [1.82, 2.24) is 9.88 Å². The quantitative estimate of drug-likeness (QED) is 0.801. The fourth-order valence-corrected chi connectivity index (χ4v) is 4.28. The Hall–Kier alpha value is -1.40. The van der Waals surface area contributed by atoms with Crippen molar-refractivity contribution in [3.8, 4) is 0 Å². The molecule has 1 saturated heterocycles. The standard InChI is InChI=1S/C16H18N2O2S2/c1-21-15-12(4-2-7-17-15)16(19)18-8-6-14(22-11-9-18)13-5-3-10-20-13/h2-5,7,10,14H,6,8-9,11H2,1H3/t14-/m0/s1. The minimum Gasteiger partial charge on any atom is -0.468 e. The molecule has 0 unspecified atom stereocenters. The first-order valence-corrected chi connectivity index (χ1v) is 9.50. The highest BCUT2D eigenvalue weighted by Gasteiger charge is 2.25. The molecule has 1 aliphatic heterocycles. The summed E-state index contributed by atoms with van der Waals surface area (Å²) >= 11 is 3.37. The number of hydrogen-bond donors (Lipinski definition) is 0. The minimum absolute atomic E-state index is 0.0816. The van der Waals surface area contributed by atoms with Crippen LogP contribution in [-0.2, 0) is 0 Å². The summed E-state index contributed by atoms with van der Waals surface area (Å²) in [7, 11) is 0. The van der Waals surface area contributed by atoms with Gasteiger partial charge in [-0.1, -0.05) is 0 Å². The van der Waals surface area contributed by atoms with Crippen molar-refractivity contribution < 1.29 is 9.21 Å². The number of furan rings is 1. The van der Waals surface area contributed by atoms with Crippen LogP contribution in [0.1, 0.15) is 27.8 Å². The van der Waals surface area contributed by atoms with Gasteiger partial charge in [0.2, 0.25) is 0 Å². The number of carbonyl (C=O) groups is 1. The highest BCUT2D eigenvalue weighted by Crippen LogP contribution is 2.35. The maximum Gasteiger partial charge on any atom is 0.256 e. The average Bonchev–Trinajstić information content (AvgIpc) is 2.99. The third-order valence-electron chi connectivity index (χ3n) is 3.68. The molecule has 0 aromatic carbocycles. The number of amides is 1. The first kappa shape index (κ1) is 15.5. The SMILES string of the molecule is CSc1ncccc1C(=O)N1CCS[C@H](c2ccco2)CC1. The van der Waals surface area contributed by atoms with Gasteiger partial charge in [-0.05, 0) is 36.9 Å². The van der Waals surface area contributed by atoms with E-state index < -0.39 is 0 Å². The molecule has 22 heavy (non-hydrogen) atoms. The predicted molar refractivity (Wildman–Crippen MR) is 90.4 cm³/mol. The number of aromatic nitrogens is 1. The second-order valence-corrected chi connectivity index (χ2v) is 7.12. The Labute approximate surface area is 138 Å². The zero-order chi connectivity index (χ0) is 15.4. The van der Waals surface area contributed by atoms with E-state index in [4.69, 9.17) is 4.42 Å². The molecule has 116 valence electrons. The Kier molecular flexibility index (Phi) is 5.10. The van der Waals surface area contributed by atoms with E-state index >= 15 is 0 Å². The van der Waals surface area contributed by atoms with E-state index in [1.54, 1.807) is 12.5 Å². The van der Waals surface area contributed by atoms with Crippen LogP contribution in [0, 0.1) is 0 Å². The lowest BCUT2D eigenvalue weighted by Gasteiger charge is -2.21. The molecule has 1 aliphatic rings. The first-order valence-electron chi connectivity index (χ1n) is 7.23. The topological polar surface area (TPSA) is 46.3 Å². The van der Waals surface area contributed by atoms with Gasteiger partial charge >= 0.3 is 0 Å². The molecule has 6 heteroatoms. The number of nitrogens with zero attached hydrogens (tertiary/aromatic N) is 2. The number of pyridine rings is 1. The lowest BCUT2D eigenvalue weighted by atomic mass is 10.2. The van der Waals surface area contributed by atoms with E-state index in [-0.39, 0.29) is 5.91 Å². The van der Waals surface area contributed by atoms with Gasteiger partial charge in [0.25, 0.3) is 5.91 Å². The molecule has 3 rings (SSSR count). The van der Waals surface area contributed by atoms with E-state index in [0.717, 1.165) is 36.0 Å². The summed E-state index contributed by atoms with van der Waals surface area (Å²) in [6.45, 7) is 1.52. The fraction of sp³-hybridized carbons (Fsp3) is 0.375. The molecule has 2 aromatic heterocycles. The van der Waals surface area contributed by atoms with Crippen molar-refractivity contribution in [2.45, 2.75) is 16.7 Å². The second kappa shape index (κ2) is 7.24. The van der Waals surface area contributed by atoms with Crippen molar-refractivity contribution in [2.75, 3.05) is 25.1 Å². The van der Waals surface area contributed by atoms with E-state index in [1.807, 2.05) is 47.2 Å². The van der Waals surface area contributed by atoms with Gasteiger partial charge < -0.3 is 9.32 Å². The lowest BCUT2D eigenvalue weighted by Crippen LogP contribution is -2.33. The van der Waals surface area contributed by atoms with Gasteiger partial charge in [0.05, 0.1) is 17.1 Å². The van der Waals surface area contributed by atoms with Gasteiger partial charge in [-0.3, -0.25) is 4.79 Å². The van der Waals surface area contributed by atoms with Crippen LogP contribution in [0.25, 0.3) is 0 Å². The number of hydrogen-bond acceptors (Lipinski definition) is 5. The van der Waals surface area contributed by atoms with Crippen molar-refractivity contribution in [2.24, 2.45) is 0 Å². The first-order chi connectivity index (χ1) is 10.8. The third kappa shape index (κ3) is 3.33. The van der Waals surface area contributed by atoms with E-state index in [2.05, 4.69) is 4.98 Å². The summed E-state index contributed by atoms with van der Waals surface area (Å²) in [5.41, 5.74) is 0.705. The van der Waals surface area contributed by atoms with Crippen LogP contribution in [0.2, 0.25) is 0 Å². The maximum atomic E-state index is 12.8. The van der Waals surface area contributed by atoms with Crippen LogP contribution in [0.3, 0.4) is 0 Å². The summed E-state index contributed by atoms with van der Waals surface area (Å²) in [5, 5.41) is 1.13. The predicted octanol–water partition coefficient (Wildman–Crippen LogP) is 3.72. The lowest BCUT2D eigenvalue weighted by molar-refractivity contribution is 0.0761. The van der Waals surface area contributed by atoms with Crippen molar-refractivity contribution in [1.29, 1.82) is 0 Å². The van der Waals surface area contributed by atoms with Gasteiger partial charge in [-0.2, -0.15) is 0 Å². The second-order valence-electron chi connectivity index (χ2n) is 5.02. The van der Waals surface area contributed by atoms with Crippen molar-refractivity contribution in [3.05, 3.63) is 48.0 Å². The highest BCUT2D eigenvalue weighted by atomic mass is 32.2. The van der Waals surface area contributed by atoms with Crippen molar-refractivity contribution >= 4 is 29.4 Å². The van der Waals surface area contributed by atoms with E-state index in [9.17, 15) is 4.79 Å². The number of thioether (sulfide) groups is 2. The number of carbonyl (C=O) groups excluding carboxylic acids is 1. The molecule has 0 N–H and O–H groups in total. The minimum atomic E-state index is 0.0816. The van der Waals surface area contributed by atoms with Gasteiger partial charge in [0, 0.05) is 25.0 Å². The van der Waals surface area contributed by atoms with Crippen LogP contribution in [0.4, 0.5) is 0 Å². The Morgan fingerprint density at radius 3 is 3.09 bits per heavy atom. The van der Waals surface area contributed by atoms with E-state index in [0.29, 0.717) is 10.8 Å². The molecule has 3 heterocycles. The fourth-order valence-electron chi connectivity index (χ4n) is 2.56. The molecule has 2 aromatic rings. The summed E-state index contributed by atoms with van der Waals surface area (Å²) in [6.07, 6.45) is 6.31.